The van der Waals surface area contributed by atoms with Gasteiger partial charge < -0.3 is 4.57 Å². The van der Waals surface area contributed by atoms with E-state index in [1.807, 2.05) is 41.9 Å². The molecule has 0 bridgehead atoms. The van der Waals surface area contributed by atoms with Gasteiger partial charge >= 0.3 is 0 Å². The third-order valence-electron chi connectivity index (χ3n) is 3.41. The highest BCUT2D eigenvalue weighted by Gasteiger charge is 2.11. The van der Waals surface area contributed by atoms with Crippen LogP contribution in [0.4, 0.5) is 0 Å². The molecular formula is C17H14Cl2N2OS2. The quantitative estimate of drug-likeness (QED) is 0.627. The number of halogens is 2. The minimum atomic E-state index is -0.162. The number of hydrogen-bond acceptors (Lipinski definition) is 3. The first kappa shape index (κ1) is 17.5. The number of rotatable bonds is 4. The van der Waals surface area contributed by atoms with Gasteiger partial charge in [-0.3, -0.25) is 4.79 Å². The zero-order valence-electron chi connectivity index (χ0n) is 12.8. The van der Waals surface area contributed by atoms with Crippen LogP contribution in [0.1, 0.15) is 5.56 Å². The summed E-state index contributed by atoms with van der Waals surface area (Å²) in [5.41, 5.74) is 2.00. The van der Waals surface area contributed by atoms with Crippen LogP contribution in [0.2, 0.25) is 10.0 Å². The number of amides is 1. The average molecular weight is 397 g/mol. The SMILES string of the molecule is Cn1c(=NC(=O)CSCc2ccccc2)sc2c(Cl)ccc(Cl)c21. The molecule has 0 saturated carbocycles. The van der Waals surface area contributed by atoms with Crippen LogP contribution in [-0.2, 0) is 17.6 Å². The molecule has 3 rings (SSSR count). The van der Waals surface area contributed by atoms with Crippen LogP contribution in [0.25, 0.3) is 10.2 Å². The summed E-state index contributed by atoms with van der Waals surface area (Å²) in [5.74, 6) is 0.966. The van der Waals surface area contributed by atoms with E-state index in [9.17, 15) is 4.79 Å². The number of hydrogen-bond donors (Lipinski definition) is 0. The van der Waals surface area contributed by atoms with Crippen LogP contribution >= 0.6 is 46.3 Å². The van der Waals surface area contributed by atoms with E-state index < -0.39 is 0 Å². The summed E-state index contributed by atoms with van der Waals surface area (Å²) < 4.78 is 2.66. The molecule has 0 aliphatic heterocycles. The summed E-state index contributed by atoms with van der Waals surface area (Å²) in [5, 5.41) is 1.21. The van der Waals surface area contributed by atoms with Gasteiger partial charge in [-0.1, -0.05) is 64.9 Å². The number of carbonyl (C=O) groups excluding carboxylic acids is 1. The molecule has 0 atom stereocenters. The molecule has 2 aromatic carbocycles. The number of thiazole rings is 1. The maximum atomic E-state index is 12.1. The van der Waals surface area contributed by atoms with Gasteiger partial charge in [0.2, 0.25) is 0 Å². The molecule has 3 nitrogen and oxygen atoms in total. The van der Waals surface area contributed by atoms with Crippen LogP contribution in [0.3, 0.4) is 0 Å². The van der Waals surface area contributed by atoms with Crippen molar-refractivity contribution in [2.45, 2.75) is 5.75 Å². The van der Waals surface area contributed by atoms with Gasteiger partial charge in [-0.25, -0.2) is 0 Å². The Morgan fingerprint density at radius 2 is 1.88 bits per heavy atom. The summed E-state index contributed by atoms with van der Waals surface area (Å²) in [7, 11) is 1.84. The molecule has 7 heteroatoms. The molecule has 0 N–H and O–H groups in total. The average Bonchev–Trinajstić information content (AvgIpc) is 2.90. The van der Waals surface area contributed by atoms with E-state index in [1.54, 1.807) is 23.9 Å². The number of carbonyl (C=O) groups is 1. The molecule has 1 aromatic heterocycles. The molecule has 3 aromatic rings. The minimum Gasteiger partial charge on any atom is -0.318 e. The number of fused-ring (bicyclic) bond motifs is 1. The standard InChI is InChI=1S/C17H14Cl2N2OS2/c1-21-15-12(18)7-8-13(19)16(15)24-17(21)20-14(22)10-23-9-11-5-3-2-4-6-11/h2-8H,9-10H2,1H3. The van der Waals surface area contributed by atoms with Crippen molar-refractivity contribution in [2.24, 2.45) is 12.0 Å². The number of aromatic nitrogens is 1. The van der Waals surface area contributed by atoms with Crippen molar-refractivity contribution in [3.05, 3.63) is 62.9 Å². The van der Waals surface area contributed by atoms with Gasteiger partial charge in [-0.05, 0) is 17.7 Å². The lowest BCUT2D eigenvalue weighted by atomic mass is 10.2. The number of benzene rings is 2. The third-order valence-corrected chi connectivity index (χ3v) is 6.29. The first-order valence-corrected chi connectivity index (χ1v) is 9.91. The first-order valence-electron chi connectivity index (χ1n) is 7.19. The van der Waals surface area contributed by atoms with E-state index in [1.165, 1.54) is 16.9 Å². The molecule has 24 heavy (non-hydrogen) atoms. The van der Waals surface area contributed by atoms with Crippen LogP contribution in [0.5, 0.6) is 0 Å². The van der Waals surface area contributed by atoms with Crippen molar-refractivity contribution in [3.63, 3.8) is 0 Å². The topological polar surface area (TPSA) is 34.4 Å². The Kier molecular flexibility index (Phi) is 5.66. The molecule has 124 valence electrons. The van der Waals surface area contributed by atoms with Crippen molar-refractivity contribution >= 4 is 62.4 Å². The van der Waals surface area contributed by atoms with E-state index in [0.717, 1.165) is 16.0 Å². The van der Waals surface area contributed by atoms with Crippen LogP contribution in [0.15, 0.2) is 47.5 Å². The lowest BCUT2D eigenvalue weighted by Gasteiger charge is -2.00. The largest absolute Gasteiger partial charge is 0.318 e. The molecule has 1 amide bonds. The molecule has 0 fully saturated rings. The molecule has 0 aliphatic carbocycles. The van der Waals surface area contributed by atoms with Crippen molar-refractivity contribution in [1.29, 1.82) is 0 Å². The number of thioether (sulfide) groups is 1. The van der Waals surface area contributed by atoms with E-state index in [0.29, 0.717) is 20.6 Å². The highest BCUT2D eigenvalue weighted by Crippen LogP contribution is 2.31. The van der Waals surface area contributed by atoms with E-state index >= 15 is 0 Å². The van der Waals surface area contributed by atoms with E-state index in [4.69, 9.17) is 23.2 Å². The van der Waals surface area contributed by atoms with E-state index in [2.05, 4.69) is 4.99 Å². The zero-order chi connectivity index (χ0) is 17.1. The summed E-state index contributed by atoms with van der Waals surface area (Å²) in [4.78, 5) is 17.0. The smallest absolute Gasteiger partial charge is 0.258 e. The molecule has 0 aliphatic rings. The Hall–Kier alpha value is -1.27. The van der Waals surface area contributed by atoms with Gasteiger partial charge in [0.05, 0.1) is 26.0 Å². The highest BCUT2D eigenvalue weighted by molar-refractivity contribution is 7.99. The monoisotopic (exact) mass is 396 g/mol. The summed E-state index contributed by atoms with van der Waals surface area (Å²) in [6, 6.07) is 13.6. The minimum absolute atomic E-state index is 0.162. The fourth-order valence-electron chi connectivity index (χ4n) is 2.25. The second-order valence-corrected chi connectivity index (χ2v) is 7.91. The van der Waals surface area contributed by atoms with Crippen molar-refractivity contribution in [1.82, 2.24) is 4.57 Å². The van der Waals surface area contributed by atoms with Gasteiger partial charge in [0, 0.05) is 12.8 Å². The van der Waals surface area contributed by atoms with Crippen molar-refractivity contribution < 1.29 is 4.79 Å². The van der Waals surface area contributed by atoms with Gasteiger partial charge in [-0.2, -0.15) is 4.99 Å². The van der Waals surface area contributed by atoms with Gasteiger partial charge in [-0.15, -0.1) is 11.8 Å². The number of nitrogens with zero attached hydrogens (tertiary/aromatic N) is 2. The van der Waals surface area contributed by atoms with Crippen molar-refractivity contribution in [3.8, 4) is 0 Å². The summed E-state index contributed by atoms with van der Waals surface area (Å²) in [6.45, 7) is 0. The predicted molar refractivity (Wildman–Crippen MR) is 104 cm³/mol. The van der Waals surface area contributed by atoms with Crippen LogP contribution in [-0.4, -0.2) is 16.2 Å². The number of aryl methyl sites for hydroxylation is 1. The summed E-state index contributed by atoms with van der Waals surface area (Å²) in [6.07, 6.45) is 0. The van der Waals surface area contributed by atoms with Gasteiger partial charge in [0.25, 0.3) is 5.91 Å². The summed E-state index contributed by atoms with van der Waals surface area (Å²) >= 11 is 15.4. The molecule has 0 radical (unpaired) electrons. The predicted octanol–water partition coefficient (Wildman–Crippen LogP) is 4.91. The van der Waals surface area contributed by atoms with E-state index in [-0.39, 0.29) is 5.91 Å². The van der Waals surface area contributed by atoms with Gasteiger partial charge in [0.15, 0.2) is 4.80 Å². The highest BCUT2D eigenvalue weighted by atomic mass is 35.5. The Morgan fingerprint density at radius 3 is 2.58 bits per heavy atom. The molecule has 1 heterocycles. The normalized spacial score (nSPS) is 12.0. The Bertz CT molecular complexity index is 948. The molecule has 0 saturated heterocycles. The second-order valence-electron chi connectivity index (χ2n) is 5.13. The lowest BCUT2D eigenvalue weighted by molar-refractivity contribution is -0.115. The fraction of sp³-hybridized carbons (Fsp3) is 0.176. The fourth-order valence-corrected chi connectivity index (χ4v) is 4.70. The van der Waals surface area contributed by atoms with Crippen molar-refractivity contribution in [2.75, 3.05) is 5.75 Å². The lowest BCUT2D eigenvalue weighted by Crippen LogP contribution is -2.14. The molecule has 0 spiro atoms. The first-order chi connectivity index (χ1) is 11.6. The van der Waals surface area contributed by atoms with Gasteiger partial charge in [0.1, 0.15) is 0 Å². The van der Waals surface area contributed by atoms with Crippen LogP contribution < -0.4 is 4.80 Å². The Morgan fingerprint density at radius 1 is 1.17 bits per heavy atom. The Balaban J connectivity index is 1.77. The zero-order valence-corrected chi connectivity index (χ0v) is 16.0. The maximum absolute atomic E-state index is 12.1. The maximum Gasteiger partial charge on any atom is 0.258 e. The second kappa shape index (κ2) is 7.74. The van der Waals surface area contributed by atoms with Crippen LogP contribution in [0, 0.1) is 0 Å². The third kappa shape index (κ3) is 3.86. The molecule has 0 unspecified atom stereocenters. The molecular weight excluding hydrogens is 383 g/mol. The Labute approximate surface area is 157 Å².